The molecule has 0 bridgehead atoms. The van der Waals surface area contributed by atoms with Gasteiger partial charge in [0.05, 0.1) is 12.1 Å². The zero-order valence-corrected chi connectivity index (χ0v) is 23.4. The van der Waals surface area contributed by atoms with Crippen molar-refractivity contribution >= 4 is 41.8 Å². The zero-order chi connectivity index (χ0) is 26.7. The summed E-state index contributed by atoms with van der Waals surface area (Å²) in [7, 11) is 3.51. The summed E-state index contributed by atoms with van der Waals surface area (Å²) in [6.45, 7) is 6.66. The Morgan fingerprint density at radius 2 is 1.92 bits per heavy atom. The normalized spacial score (nSPS) is 26.2. The highest BCUT2D eigenvalue weighted by Gasteiger charge is 2.47. The Bertz CT molecular complexity index is 1020. The minimum atomic E-state index is -1.15. The maximum Gasteiger partial charge on any atom is 0.353 e. The van der Waals surface area contributed by atoms with Crippen LogP contribution in [0.5, 0.6) is 0 Å². The molecule has 2 amide bonds. The number of nitrogens with zero attached hydrogens (tertiary/aromatic N) is 3. The fourth-order valence-corrected chi connectivity index (χ4v) is 7.46. The van der Waals surface area contributed by atoms with Crippen molar-refractivity contribution in [2.24, 2.45) is 11.8 Å². The molecule has 0 aromatic heterocycles. The van der Waals surface area contributed by atoms with E-state index in [9.17, 15) is 24.6 Å². The number of carbonyl (C=O) groups is 3. The number of carbonyl (C=O) groups excluding carboxylic acids is 2. The molecule has 2 aliphatic heterocycles. The summed E-state index contributed by atoms with van der Waals surface area (Å²) >= 11 is 3.14. The van der Waals surface area contributed by atoms with Crippen molar-refractivity contribution in [3.8, 4) is 0 Å². The van der Waals surface area contributed by atoms with Crippen molar-refractivity contribution in [2.45, 2.75) is 62.1 Å². The van der Waals surface area contributed by atoms with Gasteiger partial charge in [-0.3, -0.25) is 14.5 Å². The van der Waals surface area contributed by atoms with E-state index in [1.54, 1.807) is 37.7 Å². The van der Waals surface area contributed by atoms with Crippen LogP contribution >= 0.6 is 23.5 Å². The molecular weight excluding hydrogens is 498 g/mol. The number of hydrogen-bond acceptors (Lipinski definition) is 7. The standard InChI is InChI=1S/C26H37N3O5S2/c1-15(17(3)31)22-16(2)24(23(26(33)34)29(22)14-30)36-19-11-20(25(32)27(4)5)28(13-19)12-18-9-7-8-10-21(18)35-6/h7-10,14-17,19-20,22,31H,11-13H2,1-6H3,(H,33,34)/t15-,16-,17-,19+,20+,22?/m1/s1. The fourth-order valence-electron chi connectivity index (χ4n) is 5.29. The fraction of sp³-hybridized carbons (Fsp3) is 0.577. The molecule has 36 heavy (non-hydrogen) atoms. The summed E-state index contributed by atoms with van der Waals surface area (Å²) < 4.78 is 0. The van der Waals surface area contributed by atoms with Gasteiger partial charge in [-0.05, 0) is 31.2 Å². The first kappa shape index (κ1) is 28.6. The van der Waals surface area contributed by atoms with E-state index in [0.717, 1.165) is 5.56 Å². The summed E-state index contributed by atoms with van der Waals surface area (Å²) in [5, 5.41) is 20.2. The van der Waals surface area contributed by atoms with E-state index in [2.05, 4.69) is 17.0 Å². The van der Waals surface area contributed by atoms with Crippen molar-refractivity contribution in [3.05, 3.63) is 40.4 Å². The van der Waals surface area contributed by atoms with E-state index >= 15 is 0 Å². The zero-order valence-electron chi connectivity index (χ0n) is 21.7. The number of aliphatic hydroxyl groups excluding tert-OH is 1. The maximum absolute atomic E-state index is 13.1. The monoisotopic (exact) mass is 535 g/mol. The molecule has 0 saturated carbocycles. The predicted octanol–water partition coefficient (Wildman–Crippen LogP) is 2.96. The molecule has 8 nitrogen and oxygen atoms in total. The molecule has 198 valence electrons. The van der Waals surface area contributed by atoms with Crippen LogP contribution in [-0.4, -0.2) is 93.5 Å². The molecular formula is C26H37N3O5S2. The number of carboxylic acid groups (broad SMARTS) is 1. The van der Waals surface area contributed by atoms with Gasteiger partial charge >= 0.3 is 5.97 Å². The molecule has 1 fully saturated rings. The minimum absolute atomic E-state index is 0.0123. The Hall–Kier alpha value is -2.01. The Morgan fingerprint density at radius 3 is 2.47 bits per heavy atom. The van der Waals surface area contributed by atoms with Crippen molar-refractivity contribution in [1.29, 1.82) is 0 Å². The van der Waals surface area contributed by atoms with Gasteiger partial charge < -0.3 is 20.0 Å². The van der Waals surface area contributed by atoms with Crippen LogP contribution in [0.15, 0.2) is 39.8 Å². The van der Waals surface area contributed by atoms with E-state index in [4.69, 9.17) is 0 Å². The SMILES string of the molecule is CSc1ccccc1CN1C[C@@H](SC2=C(C(=O)O)N(C=O)C([C@H](C)[C@@H](C)O)[C@H]2C)C[C@H]1C(=O)N(C)C. The highest BCUT2D eigenvalue weighted by molar-refractivity contribution is 8.03. The lowest BCUT2D eigenvalue weighted by Crippen LogP contribution is -2.42. The molecule has 1 aromatic carbocycles. The van der Waals surface area contributed by atoms with Crippen LogP contribution in [-0.2, 0) is 20.9 Å². The number of thioether (sulfide) groups is 2. The molecule has 1 aromatic rings. The van der Waals surface area contributed by atoms with Crippen LogP contribution in [0.3, 0.4) is 0 Å². The van der Waals surface area contributed by atoms with Gasteiger partial charge in [-0.15, -0.1) is 23.5 Å². The van der Waals surface area contributed by atoms with Crippen LogP contribution in [0.4, 0.5) is 0 Å². The van der Waals surface area contributed by atoms with Crippen molar-refractivity contribution < 1.29 is 24.6 Å². The van der Waals surface area contributed by atoms with E-state index in [1.165, 1.54) is 21.6 Å². The molecule has 0 radical (unpaired) electrons. The van der Waals surface area contributed by atoms with Gasteiger partial charge in [0.1, 0.15) is 5.70 Å². The average molecular weight is 536 g/mol. The topological polar surface area (TPSA) is 101 Å². The lowest BCUT2D eigenvalue weighted by Gasteiger charge is -2.32. The van der Waals surface area contributed by atoms with Gasteiger partial charge in [0, 0.05) is 60.1 Å². The second kappa shape index (κ2) is 12.0. The Kier molecular flexibility index (Phi) is 9.54. The number of aliphatic carboxylic acids is 1. The van der Waals surface area contributed by atoms with E-state index in [0.29, 0.717) is 30.8 Å². The van der Waals surface area contributed by atoms with Crippen LogP contribution in [0.2, 0.25) is 0 Å². The number of rotatable bonds is 10. The smallest absolute Gasteiger partial charge is 0.353 e. The molecule has 0 aliphatic carbocycles. The lowest BCUT2D eigenvalue weighted by molar-refractivity contribution is -0.137. The van der Waals surface area contributed by atoms with Crippen molar-refractivity contribution in [2.75, 3.05) is 26.9 Å². The third-order valence-corrected chi connectivity index (χ3v) is 9.64. The summed E-state index contributed by atoms with van der Waals surface area (Å²) in [5.74, 6) is -1.67. The Labute approximate surface area is 222 Å². The highest BCUT2D eigenvalue weighted by atomic mass is 32.2. The summed E-state index contributed by atoms with van der Waals surface area (Å²) in [5.41, 5.74) is 1.14. The molecule has 6 atom stereocenters. The molecule has 1 unspecified atom stereocenters. The first-order valence-electron chi connectivity index (χ1n) is 12.1. The lowest BCUT2D eigenvalue weighted by atomic mass is 9.88. The number of carboxylic acids is 1. The third kappa shape index (κ3) is 5.77. The molecule has 2 heterocycles. The van der Waals surface area contributed by atoms with Crippen molar-refractivity contribution in [3.63, 3.8) is 0 Å². The second-order valence-corrected chi connectivity index (χ2v) is 12.1. The predicted molar refractivity (Wildman–Crippen MR) is 143 cm³/mol. The first-order chi connectivity index (χ1) is 17.0. The van der Waals surface area contributed by atoms with Gasteiger partial charge in [-0.2, -0.15) is 0 Å². The van der Waals surface area contributed by atoms with Gasteiger partial charge in [0.2, 0.25) is 12.3 Å². The first-order valence-corrected chi connectivity index (χ1v) is 14.2. The molecule has 3 rings (SSSR count). The van der Waals surface area contributed by atoms with Crippen LogP contribution in [0, 0.1) is 11.8 Å². The maximum atomic E-state index is 13.1. The summed E-state index contributed by atoms with van der Waals surface area (Å²) in [4.78, 5) is 44.3. The average Bonchev–Trinajstić information content (AvgIpc) is 3.36. The molecule has 1 saturated heterocycles. The molecule has 0 spiro atoms. The molecule has 2 aliphatic rings. The summed E-state index contributed by atoms with van der Waals surface area (Å²) in [6.07, 6.45) is 2.49. The largest absolute Gasteiger partial charge is 0.477 e. The van der Waals surface area contributed by atoms with Crippen LogP contribution < -0.4 is 0 Å². The van der Waals surface area contributed by atoms with Gasteiger partial charge in [-0.25, -0.2) is 4.79 Å². The Morgan fingerprint density at radius 1 is 1.25 bits per heavy atom. The van der Waals surface area contributed by atoms with E-state index in [-0.39, 0.29) is 34.7 Å². The van der Waals surface area contributed by atoms with Gasteiger partial charge in [0.25, 0.3) is 0 Å². The number of likely N-dealkylation sites (tertiary alicyclic amines) is 1. The van der Waals surface area contributed by atoms with Gasteiger partial charge in [0.15, 0.2) is 0 Å². The van der Waals surface area contributed by atoms with E-state index in [1.807, 2.05) is 32.2 Å². The third-order valence-electron chi connectivity index (χ3n) is 7.30. The van der Waals surface area contributed by atoms with Gasteiger partial charge in [-0.1, -0.05) is 32.0 Å². The number of hydrogen-bond donors (Lipinski definition) is 2. The Balaban J connectivity index is 1.91. The van der Waals surface area contributed by atoms with Crippen LogP contribution in [0.1, 0.15) is 32.8 Å². The summed E-state index contributed by atoms with van der Waals surface area (Å²) in [6, 6.07) is 7.41. The number of benzene rings is 1. The number of aliphatic hydroxyl groups is 1. The van der Waals surface area contributed by atoms with E-state index < -0.39 is 18.1 Å². The number of likely N-dealkylation sites (N-methyl/N-ethyl adjacent to an activating group) is 1. The van der Waals surface area contributed by atoms with Crippen LogP contribution in [0.25, 0.3) is 0 Å². The number of amides is 2. The quantitative estimate of drug-likeness (QED) is 0.348. The molecule has 10 heteroatoms. The van der Waals surface area contributed by atoms with Crippen molar-refractivity contribution in [1.82, 2.24) is 14.7 Å². The minimum Gasteiger partial charge on any atom is -0.477 e. The highest BCUT2D eigenvalue weighted by Crippen LogP contribution is 2.47. The molecule has 2 N–H and O–H groups in total. The second-order valence-electron chi connectivity index (χ2n) is 9.87.